The fourth-order valence-electron chi connectivity index (χ4n) is 4.40. The molecular weight excluding hydrogens is 462 g/mol. The molecule has 10 heteroatoms. The van der Waals surface area contributed by atoms with Crippen LogP contribution in [0.1, 0.15) is 34.2 Å². The van der Waals surface area contributed by atoms with Crippen LogP contribution in [0.4, 0.5) is 0 Å². The molecule has 5 rings (SSSR count). The second kappa shape index (κ2) is 9.02. The van der Waals surface area contributed by atoms with Gasteiger partial charge in [0.1, 0.15) is 15.7 Å². The van der Waals surface area contributed by atoms with Crippen molar-refractivity contribution in [1.29, 1.82) is 0 Å². The summed E-state index contributed by atoms with van der Waals surface area (Å²) in [7, 11) is -2.39. The van der Waals surface area contributed by atoms with Gasteiger partial charge in [-0.1, -0.05) is 12.1 Å². The number of ether oxygens (including phenoxy) is 2. The van der Waals surface area contributed by atoms with Crippen molar-refractivity contribution in [3.63, 3.8) is 0 Å². The highest BCUT2D eigenvalue weighted by Crippen LogP contribution is 2.38. The summed E-state index contributed by atoms with van der Waals surface area (Å²) in [5.74, 6) is 0.0278. The molecule has 1 atom stereocenters. The lowest BCUT2D eigenvalue weighted by Crippen LogP contribution is -2.40. The van der Waals surface area contributed by atoms with Gasteiger partial charge >= 0.3 is 0 Å². The maximum atomic E-state index is 13.5. The van der Waals surface area contributed by atoms with E-state index in [0.29, 0.717) is 25.3 Å². The molecule has 3 aromatic rings. The van der Waals surface area contributed by atoms with Crippen LogP contribution in [0.3, 0.4) is 0 Å². The molecule has 2 fully saturated rings. The zero-order valence-corrected chi connectivity index (χ0v) is 19.9. The molecule has 0 radical (unpaired) electrons. The normalized spacial score (nSPS) is 19.8. The summed E-state index contributed by atoms with van der Waals surface area (Å²) >= 11 is 1.60. The highest BCUT2D eigenvalue weighted by Gasteiger charge is 2.35. The quantitative estimate of drug-likeness (QED) is 0.549. The first-order chi connectivity index (χ1) is 16.0. The molecule has 2 aromatic carbocycles. The SMILES string of the molecule is COc1ccc(C(=O)N2CCC[C@@H]2c2nc3ccccc3s2)cc1S(=O)(=O)N1CCOCC1. The number of morpholine rings is 1. The number of methoxy groups -OCH3 is 1. The van der Waals surface area contributed by atoms with Crippen molar-refractivity contribution >= 4 is 37.5 Å². The fraction of sp³-hybridized carbons (Fsp3) is 0.391. The Hall–Kier alpha value is -2.53. The molecule has 0 aliphatic carbocycles. The van der Waals surface area contributed by atoms with Gasteiger partial charge in [0.2, 0.25) is 10.0 Å². The van der Waals surface area contributed by atoms with Gasteiger partial charge in [0.15, 0.2) is 0 Å². The molecule has 3 heterocycles. The van der Waals surface area contributed by atoms with Gasteiger partial charge < -0.3 is 14.4 Å². The molecule has 0 unspecified atom stereocenters. The molecule has 0 saturated carbocycles. The zero-order valence-electron chi connectivity index (χ0n) is 18.3. The van der Waals surface area contributed by atoms with Gasteiger partial charge in [0.25, 0.3) is 5.91 Å². The van der Waals surface area contributed by atoms with E-state index in [2.05, 4.69) is 0 Å². The molecule has 0 N–H and O–H groups in total. The Bertz CT molecular complexity index is 1250. The number of benzene rings is 2. The Morgan fingerprint density at radius 1 is 1.15 bits per heavy atom. The maximum absolute atomic E-state index is 13.5. The molecule has 2 aliphatic rings. The summed E-state index contributed by atoms with van der Waals surface area (Å²) in [5.41, 5.74) is 1.26. The van der Waals surface area contributed by atoms with E-state index in [1.54, 1.807) is 23.5 Å². The molecule has 2 aliphatic heterocycles. The second-order valence-electron chi connectivity index (χ2n) is 8.06. The van der Waals surface area contributed by atoms with Gasteiger partial charge in [0, 0.05) is 25.2 Å². The first-order valence-electron chi connectivity index (χ1n) is 10.9. The van der Waals surface area contributed by atoms with E-state index in [-0.39, 0.29) is 35.7 Å². The van der Waals surface area contributed by atoms with Gasteiger partial charge in [-0.15, -0.1) is 11.3 Å². The molecule has 33 heavy (non-hydrogen) atoms. The van der Waals surface area contributed by atoms with Crippen LogP contribution in [0.2, 0.25) is 0 Å². The first kappa shape index (κ1) is 22.3. The van der Waals surface area contributed by atoms with Crippen LogP contribution < -0.4 is 4.74 Å². The van der Waals surface area contributed by atoms with Gasteiger partial charge in [-0.25, -0.2) is 13.4 Å². The molecule has 1 aromatic heterocycles. The number of carbonyl (C=O) groups excluding carboxylic acids is 1. The Morgan fingerprint density at radius 3 is 2.70 bits per heavy atom. The predicted molar refractivity (Wildman–Crippen MR) is 125 cm³/mol. The van der Waals surface area contributed by atoms with Crippen LogP contribution in [-0.2, 0) is 14.8 Å². The summed E-state index contributed by atoms with van der Waals surface area (Å²) in [6.07, 6.45) is 1.71. The zero-order chi connectivity index (χ0) is 23.0. The standard InChI is InChI=1S/C23H25N3O5S2/c1-30-19-9-8-16(15-21(19)33(28,29)25-11-13-31-14-12-25)23(27)26-10-4-6-18(26)22-24-17-5-2-3-7-20(17)32-22/h2-3,5,7-9,15,18H,4,6,10-14H2,1H3/t18-/m1/s1. The van der Waals surface area contributed by atoms with Crippen molar-refractivity contribution in [2.24, 2.45) is 0 Å². The highest BCUT2D eigenvalue weighted by atomic mass is 32.2. The number of amides is 1. The Morgan fingerprint density at radius 2 is 1.94 bits per heavy atom. The minimum atomic E-state index is -3.82. The van der Waals surface area contributed by atoms with Crippen molar-refractivity contribution in [3.05, 3.63) is 53.0 Å². The average Bonchev–Trinajstić information content (AvgIpc) is 3.50. The third kappa shape index (κ3) is 4.12. The summed E-state index contributed by atoms with van der Waals surface area (Å²) in [5, 5.41) is 0.914. The smallest absolute Gasteiger partial charge is 0.254 e. The van der Waals surface area contributed by atoms with Crippen molar-refractivity contribution in [1.82, 2.24) is 14.2 Å². The average molecular weight is 488 g/mol. The summed E-state index contributed by atoms with van der Waals surface area (Å²) < 4.78 is 39.7. The van der Waals surface area contributed by atoms with Crippen molar-refractivity contribution in [3.8, 4) is 5.75 Å². The van der Waals surface area contributed by atoms with Gasteiger partial charge in [-0.05, 0) is 43.2 Å². The number of rotatable bonds is 5. The van der Waals surface area contributed by atoms with Crippen molar-refractivity contribution < 1.29 is 22.7 Å². The Kier molecular flexibility index (Phi) is 6.09. The Labute approximate surface area is 196 Å². The lowest BCUT2D eigenvalue weighted by Gasteiger charge is -2.27. The topological polar surface area (TPSA) is 89.0 Å². The molecule has 0 spiro atoms. The number of carbonyl (C=O) groups is 1. The number of aromatic nitrogens is 1. The van der Waals surface area contributed by atoms with Crippen LogP contribution in [-0.4, -0.2) is 68.5 Å². The van der Waals surface area contributed by atoms with E-state index < -0.39 is 10.0 Å². The second-order valence-corrected chi connectivity index (χ2v) is 11.0. The molecule has 8 nitrogen and oxygen atoms in total. The number of fused-ring (bicyclic) bond motifs is 1. The number of thiazole rings is 1. The van der Waals surface area contributed by atoms with E-state index in [0.717, 1.165) is 28.1 Å². The first-order valence-corrected chi connectivity index (χ1v) is 13.2. The van der Waals surface area contributed by atoms with E-state index in [9.17, 15) is 13.2 Å². The lowest BCUT2D eigenvalue weighted by atomic mass is 10.1. The number of hydrogen-bond donors (Lipinski definition) is 0. The van der Waals surface area contributed by atoms with Crippen LogP contribution in [0.5, 0.6) is 5.75 Å². The number of sulfonamides is 1. The third-order valence-corrected chi connectivity index (χ3v) is 9.17. The monoisotopic (exact) mass is 487 g/mol. The minimum absolute atomic E-state index is 0.00786. The largest absolute Gasteiger partial charge is 0.495 e. The van der Waals surface area contributed by atoms with Gasteiger partial charge in [0.05, 0.1) is 36.6 Å². The number of para-hydroxylation sites is 1. The molecule has 0 bridgehead atoms. The number of hydrogen-bond acceptors (Lipinski definition) is 7. The fourth-order valence-corrected chi connectivity index (χ4v) is 7.11. The number of nitrogens with zero attached hydrogens (tertiary/aromatic N) is 3. The van der Waals surface area contributed by atoms with Crippen molar-refractivity contribution in [2.45, 2.75) is 23.8 Å². The van der Waals surface area contributed by atoms with E-state index in [4.69, 9.17) is 14.5 Å². The molecular formula is C23H25N3O5S2. The van der Waals surface area contributed by atoms with Crippen molar-refractivity contribution in [2.75, 3.05) is 40.0 Å². The summed E-state index contributed by atoms with van der Waals surface area (Å²) in [4.78, 5) is 20.1. The molecule has 174 valence electrons. The summed E-state index contributed by atoms with van der Waals surface area (Å²) in [6.45, 7) is 1.84. The molecule has 2 saturated heterocycles. The highest BCUT2D eigenvalue weighted by molar-refractivity contribution is 7.89. The summed E-state index contributed by atoms with van der Waals surface area (Å²) in [6, 6.07) is 12.5. The minimum Gasteiger partial charge on any atom is -0.495 e. The van der Waals surface area contributed by atoms with E-state index in [1.807, 2.05) is 29.2 Å². The van der Waals surface area contributed by atoms with Gasteiger partial charge in [-0.3, -0.25) is 4.79 Å². The number of likely N-dealkylation sites (tertiary alicyclic amines) is 1. The lowest BCUT2D eigenvalue weighted by molar-refractivity contribution is 0.0727. The van der Waals surface area contributed by atoms with E-state index in [1.165, 1.54) is 17.5 Å². The Balaban J connectivity index is 1.47. The van der Waals surface area contributed by atoms with Crippen LogP contribution >= 0.6 is 11.3 Å². The van der Waals surface area contributed by atoms with Gasteiger partial charge in [-0.2, -0.15) is 4.31 Å². The third-order valence-electron chi connectivity index (χ3n) is 6.11. The maximum Gasteiger partial charge on any atom is 0.254 e. The van der Waals surface area contributed by atoms with E-state index >= 15 is 0 Å². The van der Waals surface area contributed by atoms with Crippen LogP contribution in [0.15, 0.2) is 47.4 Å². The van der Waals surface area contributed by atoms with Crippen LogP contribution in [0, 0.1) is 0 Å². The van der Waals surface area contributed by atoms with Crippen LogP contribution in [0.25, 0.3) is 10.2 Å². The predicted octanol–water partition coefficient (Wildman–Crippen LogP) is 3.30. The molecule has 1 amide bonds.